The molecule has 0 atom stereocenters. The Kier molecular flexibility index (Phi) is 7.36. The summed E-state index contributed by atoms with van der Waals surface area (Å²) in [5.41, 5.74) is 5.63. The molecule has 176 valence electrons. The highest BCUT2D eigenvalue weighted by molar-refractivity contribution is 7.99. The zero-order chi connectivity index (χ0) is 24.3. The van der Waals surface area contributed by atoms with Crippen LogP contribution in [0.4, 0.5) is 15.6 Å². The smallest absolute Gasteiger partial charge is 0.413 e. The number of halogens is 1. The van der Waals surface area contributed by atoms with E-state index in [1.165, 1.54) is 16.9 Å². The molecule has 0 aliphatic heterocycles. The highest BCUT2D eigenvalue weighted by atomic mass is 35.5. The van der Waals surface area contributed by atoms with Crippen molar-refractivity contribution in [3.8, 4) is 11.1 Å². The second-order valence-corrected chi connectivity index (χ2v) is 10.9. The van der Waals surface area contributed by atoms with Gasteiger partial charge in [0.05, 0.1) is 10.2 Å². The van der Waals surface area contributed by atoms with Gasteiger partial charge in [0.25, 0.3) is 0 Å². The number of hydrogen-bond acceptors (Lipinski definition) is 6. The predicted molar refractivity (Wildman–Crippen MR) is 146 cm³/mol. The molecule has 1 heterocycles. The molecule has 0 fully saturated rings. The first-order valence-corrected chi connectivity index (χ1v) is 13.2. The molecule has 2 N–H and O–H groups in total. The number of amides is 1. The highest BCUT2D eigenvalue weighted by Crippen LogP contribution is 2.36. The molecule has 3 aromatic carbocycles. The Morgan fingerprint density at radius 1 is 1.09 bits per heavy atom. The van der Waals surface area contributed by atoms with Gasteiger partial charge in [0.15, 0.2) is 5.13 Å². The molecule has 0 aliphatic rings. The van der Waals surface area contributed by atoms with Crippen LogP contribution in [0.25, 0.3) is 21.3 Å². The molecule has 0 saturated heterocycles. The van der Waals surface area contributed by atoms with Gasteiger partial charge in [-0.05, 0) is 80.3 Å². The number of rotatable bonds is 6. The summed E-state index contributed by atoms with van der Waals surface area (Å²) >= 11 is 9.29. The topological polar surface area (TPSA) is 63.2 Å². The molecule has 0 unspecified atom stereocenters. The lowest BCUT2D eigenvalue weighted by atomic mass is 9.98. The van der Waals surface area contributed by atoms with Gasteiger partial charge in [0.2, 0.25) is 0 Å². The molecule has 0 radical (unpaired) electrons. The first kappa shape index (κ1) is 24.4. The van der Waals surface area contributed by atoms with Crippen LogP contribution in [0.1, 0.15) is 31.9 Å². The second-order valence-electron chi connectivity index (χ2n) is 8.83. The molecule has 1 amide bonds. The van der Waals surface area contributed by atoms with E-state index in [1.54, 1.807) is 11.9 Å². The van der Waals surface area contributed by atoms with Gasteiger partial charge in [-0.15, -0.1) is 0 Å². The number of nitrogens with one attached hydrogen (secondary N) is 2. The van der Waals surface area contributed by atoms with Crippen LogP contribution in [0.2, 0.25) is 5.02 Å². The van der Waals surface area contributed by atoms with Gasteiger partial charge in [0, 0.05) is 22.5 Å². The summed E-state index contributed by atoms with van der Waals surface area (Å²) in [6, 6.07) is 20.4. The van der Waals surface area contributed by atoms with E-state index in [4.69, 9.17) is 21.3 Å². The number of benzene rings is 3. The third-order valence-electron chi connectivity index (χ3n) is 4.88. The number of carbonyl (C=O) groups excluding carboxylic acids is 1. The quantitative estimate of drug-likeness (QED) is 0.255. The molecule has 34 heavy (non-hydrogen) atoms. The van der Waals surface area contributed by atoms with Gasteiger partial charge >= 0.3 is 6.09 Å². The second kappa shape index (κ2) is 10.3. The Morgan fingerprint density at radius 3 is 2.53 bits per heavy atom. The first-order chi connectivity index (χ1) is 16.2. The Labute approximate surface area is 213 Å². The largest absolute Gasteiger partial charge is 0.444 e. The van der Waals surface area contributed by atoms with E-state index in [9.17, 15) is 4.79 Å². The molecule has 0 saturated carbocycles. The van der Waals surface area contributed by atoms with Gasteiger partial charge in [-0.3, -0.25) is 5.32 Å². The minimum Gasteiger partial charge on any atom is -0.444 e. The fraction of sp³-hybridized carbons (Fsp3) is 0.231. The van der Waals surface area contributed by atoms with Gasteiger partial charge in [-0.2, -0.15) is 0 Å². The maximum absolute atomic E-state index is 12.3. The van der Waals surface area contributed by atoms with Crippen molar-refractivity contribution >= 4 is 62.0 Å². The number of nitrogens with zero attached hydrogens (tertiary/aromatic N) is 1. The van der Waals surface area contributed by atoms with Gasteiger partial charge in [-0.1, -0.05) is 59.2 Å². The summed E-state index contributed by atoms with van der Waals surface area (Å²) in [4.78, 5) is 17.0. The molecule has 0 spiro atoms. The molecule has 4 rings (SSSR count). The average Bonchev–Trinajstić information content (AvgIpc) is 3.15. The molecule has 0 bridgehead atoms. The summed E-state index contributed by atoms with van der Waals surface area (Å²) in [5.74, 6) is 0. The number of thiazole rings is 1. The molecular weight excluding hydrogens is 486 g/mol. The van der Waals surface area contributed by atoms with Crippen molar-refractivity contribution in [2.24, 2.45) is 0 Å². The maximum atomic E-state index is 12.3. The van der Waals surface area contributed by atoms with Crippen molar-refractivity contribution in [1.29, 1.82) is 0 Å². The van der Waals surface area contributed by atoms with Crippen LogP contribution in [0.15, 0.2) is 60.7 Å². The standard InChI is InChI=1S/C26H26ClN3O2S2/c1-26(2,3)32-25(31)29-24-28-23-21(18-6-5-7-19(27)15-18)13-17(14-22(23)34-24)12-16-8-10-20(11-9-16)30-33-4/h5-11,13-15,30H,12H2,1-4H3,(H,28,29,31). The molecular formula is C26H26ClN3O2S2. The monoisotopic (exact) mass is 511 g/mol. The van der Waals surface area contributed by atoms with E-state index in [2.05, 4.69) is 46.4 Å². The lowest BCUT2D eigenvalue weighted by molar-refractivity contribution is 0.0636. The predicted octanol–water partition coefficient (Wildman–Crippen LogP) is 8.24. The van der Waals surface area contributed by atoms with Crippen molar-refractivity contribution in [2.75, 3.05) is 16.3 Å². The molecule has 8 heteroatoms. The van der Waals surface area contributed by atoms with E-state index in [-0.39, 0.29) is 0 Å². The molecule has 1 aromatic heterocycles. The maximum Gasteiger partial charge on any atom is 0.413 e. The van der Waals surface area contributed by atoms with Crippen LogP contribution in [0, 0.1) is 0 Å². The zero-order valence-electron chi connectivity index (χ0n) is 19.4. The third kappa shape index (κ3) is 6.23. The van der Waals surface area contributed by atoms with Crippen molar-refractivity contribution in [2.45, 2.75) is 32.8 Å². The van der Waals surface area contributed by atoms with E-state index in [0.717, 1.165) is 39.0 Å². The minimum absolute atomic E-state index is 0.497. The van der Waals surface area contributed by atoms with Crippen LogP contribution in [0.3, 0.4) is 0 Å². The Hall–Kier alpha value is -2.74. The van der Waals surface area contributed by atoms with Gasteiger partial charge < -0.3 is 9.46 Å². The Balaban J connectivity index is 1.71. The Morgan fingerprint density at radius 2 is 1.85 bits per heavy atom. The number of hydrogen-bond donors (Lipinski definition) is 2. The summed E-state index contributed by atoms with van der Waals surface area (Å²) in [6.07, 6.45) is 2.26. The van der Waals surface area contributed by atoms with Crippen molar-refractivity contribution in [3.05, 3.63) is 76.8 Å². The molecule has 0 aliphatic carbocycles. The van der Waals surface area contributed by atoms with Crippen molar-refractivity contribution in [1.82, 2.24) is 4.98 Å². The fourth-order valence-corrected chi connectivity index (χ4v) is 5.06. The average molecular weight is 512 g/mol. The lowest BCUT2D eigenvalue weighted by Gasteiger charge is -2.18. The molecule has 5 nitrogen and oxygen atoms in total. The summed E-state index contributed by atoms with van der Waals surface area (Å²) in [6.45, 7) is 5.49. The van der Waals surface area contributed by atoms with Crippen LogP contribution in [0.5, 0.6) is 0 Å². The van der Waals surface area contributed by atoms with Gasteiger partial charge in [-0.25, -0.2) is 9.78 Å². The number of aromatic nitrogens is 1. The lowest BCUT2D eigenvalue weighted by Crippen LogP contribution is -2.27. The number of ether oxygens (including phenoxy) is 1. The van der Waals surface area contributed by atoms with Crippen LogP contribution in [-0.4, -0.2) is 22.9 Å². The minimum atomic E-state index is -0.583. The normalized spacial score (nSPS) is 11.4. The van der Waals surface area contributed by atoms with Crippen molar-refractivity contribution < 1.29 is 9.53 Å². The Bertz CT molecular complexity index is 1310. The number of anilines is 2. The van der Waals surface area contributed by atoms with E-state index in [1.807, 2.05) is 51.3 Å². The number of fused-ring (bicyclic) bond motifs is 1. The van der Waals surface area contributed by atoms with Gasteiger partial charge in [0.1, 0.15) is 5.60 Å². The third-order valence-corrected chi connectivity index (χ3v) is 6.47. The SMILES string of the molecule is CSNc1ccc(Cc2cc(-c3cccc(Cl)c3)c3nc(NC(=O)OC(C)(C)C)sc3c2)cc1. The van der Waals surface area contributed by atoms with Crippen LogP contribution < -0.4 is 10.0 Å². The number of carbonyl (C=O) groups is 1. The summed E-state index contributed by atoms with van der Waals surface area (Å²) < 4.78 is 9.62. The first-order valence-electron chi connectivity index (χ1n) is 10.8. The molecule has 4 aromatic rings. The van der Waals surface area contributed by atoms with Crippen LogP contribution in [-0.2, 0) is 11.2 Å². The zero-order valence-corrected chi connectivity index (χ0v) is 21.8. The van der Waals surface area contributed by atoms with E-state index >= 15 is 0 Å². The van der Waals surface area contributed by atoms with E-state index < -0.39 is 11.7 Å². The van der Waals surface area contributed by atoms with E-state index in [0.29, 0.717) is 10.2 Å². The van der Waals surface area contributed by atoms with Crippen LogP contribution >= 0.6 is 34.9 Å². The van der Waals surface area contributed by atoms with Crippen molar-refractivity contribution in [3.63, 3.8) is 0 Å². The highest BCUT2D eigenvalue weighted by Gasteiger charge is 2.19. The fourth-order valence-electron chi connectivity index (χ4n) is 3.55. The summed E-state index contributed by atoms with van der Waals surface area (Å²) in [5, 5.41) is 3.94. The summed E-state index contributed by atoms with van der Waals surface area (Å²) in [7, 11) is 0.